The lowest BCUT2D eigenvalue weighted by Crippen LogP contribution is -3.00. The zero-order chi connectivity index (χ0) is 16.2. The lowest BCUT2D eigenvalue weighted by Gasteiger charge is -2.24. The Labute approximate surface area is 134 Å². The number of benzene rings is 1. The van der Waals surface area contributed by atoms with Gasteiger partial charge in [-0.15, -0.1) is 0 Å². The van der Waals surface area contributed by atoms with Gasteiger partial charge in [0.05, 0.1) is 32.3 Å². The molecule has 0 unspecified atom stereocenters. The molecule has 9 nitrogen and oxygen atoms in total. The van der Waals surface area contributed by atoms with E-state index in [1.165, 1.54) is 6.07 Å². The van der Waals surface area contributed by atoms with Gasteiger partial charge in [-0.3, -0.25) is 24.9 Å². The van der Waals surface area contributed by atoms with Gasteiger partial charge in [-0.2, -0.15) is 0 Å². The Kier molecular flexibility index (Phi) is 7.07. The van der Waals surface area contributed by atoms with Crippen LogP contribution in [0.15, 0.2) is 12.1 Å². The van der Waals surface area contributed by atoms with Crippen LogP contribution in [0.2, 0.25) is 0 Å². The number of carbonyl (C=O) groups is 2. The summed E-state index contributed by atoms with van der Waals surface area (Å²) in [5, 5.41) is 9.79. The van der Waals surface area contributed by atoms with Crippen LogP contribution in [0.3, 0.4) is 0 Å². The molecular formula is C12H20ClN5O4. The molecule has 0 atom stereocenters. The van der Waals surface area contributed by atoms with E-state index in [-0.39, 0.29) is 36.0 Å². The minimum Gasteiger partial charge on any atom is -1.00 e. The second-order valence-electron chi connectivity index (χ2n) is 5.38. The number of rotatable bonds is 5. The zero-order valence-electron chi connectivity index (χ0n) is 12.5. The maximum Gasteiger partial charge on any atom is 0.269 e. The summed E-state index contributed by atoms with van der Waals surface area (Å²) >= 11 is 0. The van der Waals surface area contributed by atoms with Gasteiger partial charge in [-0.05, 0) is 12.1 Å². The Hall–Kier alpha value is -2.07. The molecule has 0 aromatic heterocycles. The van der Waals surface area contributed by atoms with Crippen LogP contribution >= 0.6 is 0 Å². The number of nitrogens with two attached hydrogens (primary N) is 2. The molecule has 0 saturated carbocycles. The minimum atomic E-state index is -0.706. The highest BCUT2D eigenvalue weighted by Crippen LogP contribution is 2.28. The first kappa shape index (κ1) is 19.9. The lowest BCUT2D eigenvalue weighted by atomic mass is 10.1. The van der Waals surface area contributed by atoms with Crippen LogP contribution in [0.5, 0.6) is 11.5 Å². The number of phenols is 1. The molecular weight excluding hydrogens is 314 g/mol. The first-order valence-corrected chi connectivity index (χ1v) is 6.01. The Morgan fingerprint density at radius 3 is 2.09 bits per heavy atom. The quantitative estimate of drug-likeness (QED) is 0.121. The molecule has 1 aromatic carbocycles. The first-order chi connectivity index (χ1) is 9.69. The zero-order valence-corrected chi connectivity index (χ0v) is 13.3. The normalized spacial score (nSPS) is 10.4. The lowest BCUT2D eigenvalue weighted by molar-refractivity contribution is -0.886. The maximum atomic E-state index is 11.7. The first-order valence-electron chi connectivity index (χ1n) is 6.01. The van der Waals surface area contributed by atoms with Gasteiger partial charge in [0.25, 0.3) is 11.8 Å². The number of hydrazine groups is 2. The number of nitrogen functional groups attached to an aromatic ring is 2. The van der Waals surface area contributed by atoms with Crippen molar-refractivity contribution >= 4 is 11.8 Å². The number of phenolic OH excluding ortho intramolecular Hbond substituents is 1. The van der Waals surface area contributed by atoms with E-state index in [2.05, 4.69) is 0 Å². The average Bonchev–Trinajstić information content (AvgIpc) is 2.42. The second kappa shape index (κ2) is 7.80. The molecule has 0 spiro atoms. The molecule has 1 aromatic rings. The summed E-state index contributed by atoms with van der Waals surface area (Å²) in [6.45, 7) is 0.235. The molecule has 0 fully saturated rings. The van der Waals surface area contributed by atoms with Crippen molar-refractivity contribution in [2.24, 2.45) is 11.7 Å². The van der Waals surface area contributed by atoms with E-state index in [0.717, 1.165) is 6.07 Å². The molecule has 0 aliphatic heterocycles. The fraction of sp³-hybridized carbons (Fsp3) is 0.333. The molecule has 0 bridgehead atoms. The van der Waals surface area contributed by atoms with Crippen molar-refractivity contribution in [2.75, 3.05) is 27.9 Å². The van der Waals surface area contributed by atoms with Crippen molar-refractivity contribution < 1.29 is 36.3 Å². The third-order valence-electron chi connectivity index (χ3n) is 2.46. The molecule has 2 amide bonds. The van der Waals surface area contributed by atoms with Crippen molar-refractivity contribution in [3.8, 4) is 11.5 Å². The number of quaternary nitrogens is 1. The fourth-order valence-corrected chi connectivity index (χ4v) is 1.47. The Balaban J connectivity index is 0.00000441. The predicted molar refractivity (Wildman–Crippen MR) is 74.9 cm³/mol. The number of halogens is 1. The third-order valence-corrected chi connectivity index (χ3v) is 2.46. The van der Waals surface area contributed by atoms with Gasteiger partial charge in [-0.25, -0.2) is 11.7 Å². The van der Waals surface area contributed by atoms with Gasteiger partial charge < -0.3 is 22.3 Å². The van der Waals surface area contributed by atoms with E-state index < -0.39 is 17.6 Å². The van der Waals surface area contributed by atoms with Crippen LogP contribution in [0.4, 0.5) is 0 Å². The van der Waals surface area contributed by atoms with Crippen LogP contribution < -0.4 is 39.7 Å². The van der Waals surface area contributed by atoms with Crippen LogP contribution in [-0.4, -0.2) is 49.3 Å². The number of nitrogens with zero attached hydrogens (tertiary/aromatic N) is 1. The molecule has 0 aliphatic rings. The second-order valence-corrected chi connectivity index (χ2v) is 5.38. The van der Waals surface area contributed by atoms with Gasteiger partial charge >= 0.3 is 0 Å². The van der Waals surface area contributed by atoms with Crippen molar-refractivity contribution in [3.05, 3.63) is 23.3 Å². The number of aromatic hydroxyl groups is 1. The minimum absolute atomic E-state index is 0. The highest BCUT2D eigenvalue weighted by molar-refractivity contribution is 6.01. The number of hydrogen-bond acceptors (Lipinski definition) is 6. The van der Waals surface area contributed by atoms with E-state index in [1.54, 1.807) is 0 Å². The molecule has 1 rings (SSSR count). The van der Waals surface area contributed by atoms with E-state index in [4.69, 9.17) is 16.4 Å². The number of nitrogens with one attached hydrogen (secondary N) is 2. The van der Waals surface area contributed by atoms with E-state index >= 15 is 0 Å². The van der Waals surface area contributed by atoms with Crippen molar-refractivity contribution in [3.63, 3.8) is 0 Å². The van der Waals surface area contributed by atoms with Gasteiger partial charge in [0, 0.05) is 0 Å². The van der Waals surface area contributed by atoms with E-state index in [0.29, 0.717) is 4.48 Å². The standard InChI is InChI=1S/C12H19N5O4.ClH/c1-17(2,3)6-21-10-5-7(11(19)15-13)9(18)4-8(10)12(20)16-14;/h4-5H,6H2,1-3H3,(H6-,13,14,15,16,18,19,20);1H. The summed E-state index contributed by atoms with van der Waals surface area (Å²) in [5.41, 5.74) is 3.75. The Bertz CT molecular complexity index is 559. The monoisotopic (exact) mass is 333 g/mol. The summed E-state index contributed by atoms with van der Waals surface area (Å²) in [7, 11) is 5.66. The molecule has 10 heteroatoms. The highest BCUT2D eigenvalue weighted by Gasteiger charge is 2.21. The fourth-order valence-electron chi connectivity index (χ4n) is 1.47. The predicted octanol–water partition coefficient (Wildman–Crippen LogP) is -4.35. The molecule has 0 heterocycles. The van der Waals surface area contributed by atoms with Crippen LogP contribution in [0, 0.1) is 0 Å². The molecule has 0 saturated heterocycles. The maximum absolute atomic E-state index is 11.7. The molecule has 22 heavy (non-hydrogen) atoms. The number of hydrogen-bond donors (Lipinski definition) is 5. The Morgan fingerprint density at radius 1 is 1.14 bits per heavy atom. The smallest absolute Gasteiger partial charge is 0.269 e. The SMILES string of the molecule is C[N+](C)(C)COc1cc(C(=O)NN)c(O)cc1C(=O)NN.[Cl-]. The van der Waals surface area contributed by atoms with Crippen molar-refractivity contribution in [1.29, 1.82) is 0 Å². The van der Waals surface area contributed by atoms with Crippen LogP contribution in [-0.2, 0) is 0 Å². The number of carbonyl (C=O) groups excluding carboxylic acids is 2. The molecule has 7 N–H and O–H groups in total. The topological polar surface area (TPSA) is 140 Å². The summed E-state index contributed by atoms with van der Waals surface area (Å²) in [6.07, 6.45) is 0. The Morgan fingerprint density at radius 2 is 1.64 bits per heavy atom. The average molecular weight is 334 g/mol. The van der Waals surface area contributed by atoms with Crippen molar-refractivity contribution in [2.45, 2.75) is 0 Å². The van der Waals surface area contributed by atoms with Gasteiger partial charge in [0.15, 0.2) is 0 Å². The van der Waals surface area contributed by atoms with Gasteiger partial charge in [0.2, 0.25) is 6.73 Å². The van der Waals surface area contributed by atoms with Gasteiger partial charge in [0.1, 0.15) is 11.5 Å². The van der Waals surface area contributed by atoms with Gasteiger partial charge in [-0.1, -0.05) is 0 Å². The van der Waals surface area contributed by atoms with Crippen molar-refractivity contribution in [1.82, 2.24) is 10.9 Å². The van der Waals surface area contributed by atoms with Crippen LogP contribution in [0.25, 0.3) is 0 Å². The number of amides is 2. The molecule has 0 aliphatic carbocycles. The summed E-state index contributed by atoms with van der Waals surface area (Å²) in [4.78, 5) is 23.3. The third kappa shape index (κ3) is 5.04. The molecule has 0 radical (unpaired) electrons. The largest absolute Gasteiger partial charge is 1.00 e. The number of ether oxygens (including phenoxy) is 1. The molecule has 124 valence electrons. The highest BCUT2D eigenvalue weighted by atomic mass is 35.5. The summed E-state index contributed by atoms with van der Waals surface area (Å²) in [6, 6.07) is 2.33. The van der Waals surface area contributed by atoms with E-state index in [9.17, 15) is 14.7 Å². The van der Waals surface area contributed by atoms with Crippen LogP contribution in [0.1, 0.15) is 20.7 Å². The summed E-state index contributed by atoms with van der Waals surface area (Å²) < 4.78 is 6.00. The summed E-state index contributed by atoms with van der Waals surface area (Å²) in [5.74, 6) is 8.47. The van der Waals surface area contributed by atoms with E-state index in [1.807, 2.05) is 32.0 Å².